The lowest BCUT2D eigenvalue weighted by molar-refractivity contribution is 0.124. The molecule has 0 aromatic heterocycles. The fourth-order valence-electron chi connectivity index (χ4n) is 2.87. The van der Waals surface area contributed by atoms with Crippen LogP contribution in [0.25, 0.3) is 0 Å². The second-order valence-corrected chi connectivity index (χ2v) is 5.92. The Hall–Kier alpha value is -2.01. The molecule has 0 bridgehead atoms. The van der Waals surface area contributed by atoms with Gasteiger partial charge in [-0.05, 0) is 36.1 Å². The van der Waals surface area contributed by atoms with Gasteiger partial charge in [0.25, 0.3) is 0 Å². The minimum Gasteiger partial charge on any atom is -0.300 e. The van der Waals surface area contributed by atoms with Gasteiger partial charge in [-0.1, -0.05) is 42.5 Å². The lowest BCUT2D eigenvalue weighted by Crippen LogP contribution is -2.33. The molecule has 0 unspecified atom stereocenters. The van der Waals surface area contributed by atoms with Crippen molar-refractivity contribution in [2.75, 3.05) is 13.1 Å². The van der Waals surface area contributed by atoms with Crippen LogP contribution in [0, 0.1) is 0 Å². The van der Waals surface area contributed by atoms with Crippen LogP contribution in [0.2, 0.25) is 0 Å². The van der Waals surface area contributed by atoms with E-state index in [1.54, 1.807) is 0 Å². The summed E-state index contributed by atoms with van der Waals surface area (Å²) in [5.74, 6) is 5.08. The lowest BCUT2D eigenvalue weighted by atomic mass is 10.1. The van der Waals surface area contributed by atoms with Crippen LogP contribution in [0.15, 0.2) is 59.6 Å². The Bertz CT molecular complexity index is 627. The van der Waals surface area contributed by atoms with E-state index in [0.717, 1.165) is 43.7 Å². The van der Waals surface area contributed by atoms with Gasteiger partial charge < -0.3 is 0 Å². The van der Waals surface area contributed by atoms with E-state index in [1.165, 1.54) is 11.3 Å². The number of nitrogens with zero attached hydrogens (tertiary/aromatic N) is 2. The summed E-state index contributed by atoms with van der Waals surface area (Å²) in [5.41, 5.74) is 4.74. The zero-order valence-electron chi connectivity index (χ0n) is 13.3. The van der Waals surface area contributed by atoms with E-state index in [2.05, 4.69) is 40.1 Å². The quantitative estimate of drug-likeness (QED) is 0.861. The Labute approximate surface area is 137 Å². The molecule has 1 aliphatic heterocycles. The number of rotatable bonds is 5. The van der Waals surface area contributed by atoms with Crippen molar-refractivity contribution < 1.29 is 4.84 Å². The molecular weight excluding hydrogens is 286 g/mol. The molecule has 2 aromatic rings. The van der Waals surface area contributed by atoms with E-state index in [-0.39, 0.29) is 0 Å². The highest BCUT2D eigenvalue weighted by atomic mass is 16.6. The first-order valence-electron chi connectivity index (χ1n) is 8.07. The third kappa shape index (κ3) is 4.73. The monoisotopic (exact) mass is 309 g/mol. The predicted octanol–water partition coefficient (Wildman–Crippen LogP) is 3.45. The van der Waals surface area contributed by atoms with Gasteiger partial charge in [-0.2, -0.15) is 0 Å². The topological polar surface area (TPSA) is 50.9 Å². The predicted molar refractivity (Wildman–Crippen MR) is 93.5 cm³/mol. The molecular formula is C19H23N3O. The normalized spacial score (nSPS) is 15.6. The van der Waals surface area contributed by atoms with Crippen molar-refractivity contribution in [2.24, 2.45) is 10.9 Å². The zero-order valence-corrected chi connectivity index (χ0v) is 13.3. The summed E-state index contributed by atoms with van der Waals surface area (Å²) in [5, 5.41) is 0. The van der Waals surface area contributed by atoms with Gasteiger partial charge in [-0.25, -0.2) is 5.90 Å². The van der Waals surface area contributed by atoms with Gasteiger partial charge in [0.1, 0.15) is 0 Å². The Balaban J connectivity index is 1.53. The number of piperidine rings is 1. The van der Waals surface area contributed by atoms with Crippen molar-refractivity contribution in [3.8, 4) is 0 Å². The summed E-state index contributed by atoms with van der Waals surface area (Å²) in [6, 6.07) is 18.7. The van der Waals surface area contributed by atoms with Crippen LogP contribution in [-0.2, 0) is 18.0 Å². The van der Waals surface area contributed by atoms with E-state index in [0.29, 0.717) is 6.61 Å². The van der Waals surface area contributed by atoms with Gasteiger partial charge in [0.15, 0.2) is 0 Å². The highest BCUT2D eigenvalue weighted by Gasteiger charge is 2.15. The first-order valence-corrected chi connectivity index (χ1v) is 8.07. The van der Waals surface area contributed by atoms with E-state index in [4.69, 9.17) is 10.9 Å². The fourth-order valence-corrected chi connectivity index (χ4v) is 2.87. The van der Waals surface area contributed by atoms with Crippen molar-refractivity contribution in [2.45, 2.75) is 26.0 Å². The molecule has 3 rings (SSSR count). The zero-order chi connectivity index (χ0) is 15.9. The number of likely N-dealkylation sites (tertiary alicyclic amines) is 1. The summed E-state index contributed by atoms with van der Waals surface area (Å²) in [6.07, 6.45) is 2.08. The van der Waals surface area contributed by atoms with Gasteiger partial charge >= 0.3 is 0 Å². The molecule has 0 saturated carbocycles. The molecule has 0 spiro atoms. The van der Waals surface area contributed by atoms with Gasteiger partial charge in [0.05, 0.1) is 12.3 Å². The van der Waals surface area contributed by atoms with E-state index in [9.17, 15) is 0 Å². The Morgan fingerprint density at radius 2 is 1.61 bits per heavy atom. The molecule has 0 radical (unpaired) electrons. The Morgan fingerprint density at radius 3 is 2.26 bits per heavy atom. The summed E-state index contributed by atoms with van der Waals surface area (Å²) in [7, 11) is 0. The summed E-state index contributed by atoms with van der Waals surface area (Å²) >= 11 is 0. The second-order valence-electron chi connectivity index (χ2n) is 5.92. The average Bonchev–Trinajstić information content (AvgIpc) is 2.60. The van der Waals surface area contributed by atoms with Crippen LogP contribution in [0.3, 0.4) is 0 Å². The largest absolute Gasteiger partial charge is 0.300 e. The van der Waals surface area contributed by atoms with Crippen LogP contribution >= 0.6 is 0 Å². The van der Waals surface area contributed by atoms with Crippen LogP contribution in [-0.4, -0.2) is 23.7 Å². The lowest BCUT2D eigenvalue weighted by Gasteiger charge is -2.27. The van der Waals surface area contributed by atoms with Crippen LogP contribution in [0.4, 0.5) is 5.69 Å². The number of benzene rings is 2. The summed E-state index contributed by atoms with van der Waals surface area (Å²) < 4.78 is 0. The Morgan fingerprint density at radius 1 is 0.913 bits per heavy atom. The first kappa shape index (κ1) is 15.9. The molecule has 4 nitrogen and oxygen atoms in total. The molecule has 120 valence electrons. The van der Waals surface area contributed by atoms with E-state index >= 15 is 0 Å². The van der Waals surface area contributed by atoms with Crippen LogP contribution in [0.1, 0.15) is 24.0 Å². The average molecular weight is 309 g/mol. The van der Waals surface area contributed by atoms with Gasteiger partial charge in [-0.3, -0.25) is 14.7 Å². The SMILES string of the molecule is NOCc1ccc(N=C2CCN(Cc3ccccc3)CC2)cc1. The molecule has 0 aliphatic carbocycles. The van der Waals surface area contributed by atoms with Crippen molar-refractivity contribution >= 4 is 11.4 Å². The summed E-state index contributed by atoms with van der Waals surface area (Å²) in [6.45, 7) is 3.62. The minimum atomic E-state index is 0.436. The van der Waals surface area contributed by atoms with Crippen molar-refractivity contribution in [3.05, 3.63) is 65.7 Å². The van der Waals surface area contributed by atoms with Gasteiger partial charge in [-0.15, -0.1) is 0 Å². The molecule has 0 atom stereocenters. The third-order valence-corrected chi connectivity index (χ3v) is 4.16. The Kier molecular flexibility index (Phi) is 5.53. The maximum atomic E-state index is 5.08. The maximum absolute atomic E-state index is 5.08. The van der Waals surface area contributed by atoms with Crippen molar-refractivity contribution in [1.82, 2.24) is 4.90 Å². The maximum Gasteiger partial charge on any atom is 0.0930 e. The fraction of sp³-hybridized carbons (Fsp3) is 0.316. The van der Waals surface area contributed by atoms with Crippen molar-refractivity contribution in [1.29, 1.82) is 0 Å². The molecule has 0 amide bonds. The van der Waals surface area contributed by atoms with Crippen LogP contribution in [0.5, 0.6) is 0 Å². The van der Waals surface area contributed by atoms with E-state index in [1.807, 2.05) is 24.3 Å². The first-order chi connectivity index (χ1) is 11.3. The molecule has 2 N–H and O–H groups in total. The standard InChI is InChI=1S/C19H23N3O/c20-23-15-17-6-8-18(9-7-17)21-19-10-12-22(13-11-19)14-16-4-2-1-3-5-16/h1-9H,10-15,20H2. The number of hydrogen-bond donors (Lipinski definition) is 1. The molecule has 4 heteroatoms. The molecule has 1 saturated heterocycles. The molecule has 1 aliphatic rings. The molecule has 1 fully saturated rings. The number of nitrogens with two attached hydrogens (primary N) is 1. The number of hydrogen-bond acceptors (Lipinski definition) is 4. The van der Waals surface area contributed by atoms with Crippen LogP contribution < -0.4 is 5.90 Å². The summed E-state index contributed by atoms with van der Waals surface area (Å²) in [4.78, 5) is 11.9. The minimum absolute atomic E-state index is 0.436. The third-order valence-electron chi connectivity index (χ3n) is 4.16. The van der Waals surface area contributed by atoms with E-state index < -0.39 is 0 Å². The smallest absolute Gasteiger partial charge is 0.0930 e. The van der Waals surface area contributed by atoms with Gasteiger partial charge in [0, 0.05) is 25.3 Å². The van der Waals surface area contributed by atoms with Gasteiger partial charge in [0.2, 0.25) is 0 Å². The second kappa shape index (κ2) is 8.02. The highest BCUT2D eigenvalue weighted by Crippen LogP contribution is 2.18. The van der Waals surface area contributed by atoms with Crippen molar-refractivity contribution in [3.63, 3.8) is 0 Å². The highest BCUT2D eigenvalue weighted by molar-refractivity contribution is 5.87. The molecule has 23 heavy (non-hydrogen) atoms. The molecule has 1 heterocycles. The number of aliphatic imine (C=N–C) groups is 1. The molecule has 2 aromatic carbocycles.